The van der Waals surface area contributed by atoms with E-state index in [0.29, 0.717) is 11.8 Å². The molecule has 4 heteroatoms. The van der Waals surface area contributed by atoms with Gasteiger partial charge in [-0.15, -0.1) is 0 Å². The third-order valence-corrected chi connectivity index (χ3v) is 4.06. The summed E-state index contributed by atoms with van der Waals surface area (Å²) in [6.07, 6.45) is 2.06. The lowest BCUT2D eigenvalue weighted by atomic mass is 9.98. The van der Waals surface area contributed by atoms with Crippen LogP contribution in [0.25, 0.3) is 0 Å². The van der Waals surface area contributed by atoms with Crippen molar-refractivity contribution >= 4 is 11.7 Å². The van der Waals surface area contributed by atoms with Gasteiger partial charge in [0.2, 0.25) is 0 Å². The SMILES string of the molecule is Cc1cccc(C(C)C)c1NC(=O)NCC1CCOCC1. The monoisotopic (exact) mass is 290 g/mol. The summed E-state index contributed by atoms with van der Waals surface area (Å²) in [4.78, 5) is 12.1. The summed E-state index contributed by atoms with van der Waals surface area (Å²) < 4.78 is 5.33. The molecular formula is C17H26N2O2. The Hall–Kier alpha value is -1.55. The topological polar surface area (TPSA) is 50.4 Å². The first-order valence-electron chi connectivity index (χ1n) is 7.80. The van der Waals surface area contributed by atoms with Crippen molar-refractivity contribution in [3.05, 3.63) is 29.3 Å². The lowest BCUT2D eigenvalue weighted by Gasteiger charge is -2.23. The van der Waals surface area contributed by atoms with Gasteiger partial charge in [0.15, 0.2) is 0 Å². The Morgan fingerprint density at radius 1 is 1.33 bits per heavy atom. The first-order chi connectivity index (χ1) is 10.1. The van der Waals surface area contributed by atoms with Crippen LogP contribution in [-0.2, 0) is 4.74 Å². The number of amides is 2. The van der Waals surface area contributed by atoms with E-state index in [1.54, 1.807) is 0 Å². The number of nitrogens with one attached hydrogen (secondary N) is 2. The number of hydrogen-bond donors (Lipinski definition) is 2. The van der Waals surface area contributed by atoms with Gasteiger partial charge in [0.1, 0.15) is 0 Å². The van der Waals surface area contributed by atoms with Crippen LogP contribution in [0, 0.1) is 12.8 Å². The zero-order valence-corrected chi connectivity index (χ0v) is 13.2. The van der Waals surface area contributed by atoms with Crippen molar-refractivity contribution in [3.8, 4) is 0 Å². The van der Waals surface area contributed by atoms with E-state index in [9.17, 15) is 4.79 Å². The fraction of sp³-hybridized carbons (Fsp3) is 0.588. The second kappa shape index (κ2) is 7.46. The van der Waals surface area contributed by atoms with Crippen LogP contribution in [0.5, 0.6) is 0 Å². The van der Waals surface area contributed by atoms with Crippen molar-refractivity contribution in [2.24, 2.45) is 5.92 Å². The fourth-order valence-corrected chi connectivity index (χ4v) is 2.69. The molecule has 0 bridgehead atoms. The molecule has 2 N–H and O–H groups in total. The van der Waals surface area contributed by atoms with Crippen molar-refractivity contribution in [1.82, 2.24) is 5.32 Å². The van der Waals surface area contributed by atoms with Gasteiger partial charge in [-0.2, -0.15) is 0 Å². The highest BCUT2D eigenvalue weighted by Gasteiger charge is 2.16. The number of anilines is 1. The number of carbonyl (C=O) groups is 1. The average molecular weight is 290 g/mol. The number of para-hydroxylation sites is 1. The molecule has 2 amide bonds. The molecule has 0 unspecified atom stereocenters. The van der Waals surface area contributed by atoms with Crippen molar-refractivity contribution in [1.29, 1.82) is 0 Å². The molecule has 2 rings (SSSR count). The van der Waals surface area contributed by atoms with Gasteiger partial charge in [0.05, 0.1) is 0 Å². The molecule has 4 nitrogen and oxygen atoms in total. The molecular weight excluding hydrogens is 264 g/mol. The van der Waals surface area contributed by atoms with E-state index in [1.807, 2.05) is 19.1 Å². The van der Waals surface area contributed by atoms with Crippen LogP contribution in [0.3, 0.4) is 0 Å². The molecule has 1 aromatic carbocycles. The van der Waals surface area contributed by atoms with Gasteiger partial charge in [-0.05, 0) is 42.7 Å². The molecule has 1 aromatic rings. The van der Waals surface area contributed by atoms with E-state index in [4.69, 9.17) is 4.74 Å². The highest BCUT2D eigenvalue weighted by atomic mass is 16.5. The highest BCUT2D eigenvalue weighted by molar-refractivity contribution is 5.91. The van der Waals surface area contributed by atoms with Gasteiger partial charge in [0, 0.05) is 25.4 Å². The van der Waals surface area contributed by atoms with Crippen LogP contribution >= 0.6 is 0 Å². The fourth-order valence-electron chi connectivity index (χ4n) is 2.69. The van der Waals surface area contributed by atoms with Crippen LogP contribution in [0.4, 0.5) is 10.5 Å². The van der Waals surface area contributed by atoms with Crippen LogP contribution in [0.2, 0.25) is 0 Å². The molecule has 1 fully saturated rings. The van der Waals surface area contributed by atoms with Crippen LogP contribution in [0.15, 0.2) is 18.2 Å². The summed E-state index contributed by atoms with van der Waals surface area (Å²) >= 11 is 0. The second-order valence-electron chi connectivity index (χ2n) is 6.08. The number of urea groups is 1. The summed E-state index contributed by atoms with van der Waals surface area (Å²) in [5, 5.41) is 6.01. The maximum atomic E-state index is 12.1. The first kappa shape index (κ1) is 15.8. The predicted molar refractivity (Wildman–Crippen MR) is 85.8 cm³/mol. The quantitative estimate of drug-likeness (QED) is 0.889. The zero-order chi connectivity index (χ0) is 15.2. The van der Waals surface area contributed by atoms with Crippen molar-refractivity contribution < 1.29 is 9.53 Å². The maximum Gasteiger partial charge on any atom is 0.319 e. The van der Waals surface area contributed by atoms with Crippen molar-refractivity contribution in [2.45, 2.75) is 39.5 Å². The molecule has 0 saturated carbocycles. The lowest BCUT2D eigenvalue weighted by Crippen LogP contribution is -2.35. The van der Waals surface area contributed by atoms with Gasteiger partial charge in [-0.3, -0.25) is 0 Å². The number of rotatable bonds is 4. The molecule has 0 atom stereocenters. The van der Waals surface area contributed by atoms with Crippen molar-refractivity contribution in [3.63, 3.8) is 0 Å². The predicted octanol–water partition coefficient (Wildman–Crippen LogP) is 3.67. The molecule has 0 radical (unpaired) electrons. The zero-order valence-electron chi connectivity index (χ0n) is 13.2. The number of ether oxygens (including phenoxy) is 1. The Labute approximate surface area is 127 Å². The Bertz CT molecular complexity index is 480. The standard InChI is InChI=1S/C17H26N2O2/c1-12(2)15-6-4-5-13(3)16(15)19-17(20)18-11-14-7-9-21-10-8-14/h4-6,12,14H,7-11H2,1-3H3,(H2,18,19,20). The van der Waals surface area contributed by atoms with E-state index < -0.39 is 0 Å². The van der Waals surface area contributed by atoms with Crippen LogP contribution < -0.4 is 10.6 Å². The van der Waals surface area contributed by atoms with E-state index in [2.05, 4.69) is 30.5 Å². The number of hydrogen-bond acceptors (Lipinski definition) is 2. The molecule has 0 aliphatic carbocycles. The number of benzene rings is 1. The summed E-state index contributed by atoms with van der Waals surface area (Å²) in [6, 6.07) is 6.03. The van der Waals surface area contributed by atoms with Gasteiger partial charge >= 0.3 is 6.03 Å². The Morgan fingerprint density at radius 3 is 2.71 bits per heavy atom. The van der Waals surface area contributed by atoms with Gasteiger partial charge < -0.3 is 15.4 Å². The smallest absolute Gasteiger partial charge is 0.319 e. The minimum atomic E-state index is -0.113. The summed E-state index contributed by atoms with van der Waals surface area (Å²) in [6.45, 7) is 8.64. The molecule has 0 aromatic heterocycles. The highest BCUT2D eigenvalue weighted by Crippen LogP contribution is 2.27. The Morgan fingerprint density at radius 2 is 2.05 bits per heavy atom. The lowest BCUT2D eigenvalue weighted by molar-refractivity contribution is 0.0671. The van der Waals surface area contributed by atoms with Gasteiger partial charge in [0.25, 0.3) is 0 Å². The first-order valence-corrected chi connectivity index (χ1v) is 7.80. The number of aryl methyl sites for hydroxylation is 1. The van der Waals surface area contributed by atoms with E-state index in [0.717, 1.165) is 43.9 Å². The normalized spacial score (nSPS) is 16.0. The Balaban J connectivity index is 1.93. The molecule has 21 heavy (non-hydrogen) atoms. The third kappa shape index (κ3) is 4.46. The maximum absolute atomic E-state index is 12.1. The van der Waals surface area contributed by atoms with Gasteiger partial charge in [-0.1, -0.05) is 32.0 Å². The van der Waals surface area contributed by atoms with Crippen LogP contribution in [-0.4, -0.2) is 25.8 Å². The van der Waals surface area contributed by atoms with E-state index in [1.165, 1.54) is 5.56 Å². The third-order valence-electron chi connectivity index (χ3n) is 4.06. The van der Waals surface area contributed by atoms with Gasteiger partial charge in [-0.25, -0.2) is 4.79 Å². The van der Waals surface area contributed by atoms with E-state index >= 15 is 0 Å². The summed E-state index contributed by atoms with van der Waals surface area (Å²) in [5.41, 5.74) is 3.22. The molecule has 1 aliphatic heterocycles. The largest absolute Gasteiger partial charge is 0.381 e. The molecule has 0 spiro atoms. The number of carbonyl (C=O) groups excluding carboxylic acids is 1. The van der Waals surface area contributed by atoms with Crippen molar-refractivity contribution in [2.75, 3.05) is 25.1 Å². The van der Waals surface area contributed by atoms with E-state index in [-0.39, 0.29) is 6.03 Å². The molecule has 1 heterocycles. The Kier molecular flexibility index (Phi) is 5.62. The molecule has 1 saturated heterocycles. The molecule has 116 valence electrons. The summed E-state index contributed by atoms with van der Waals surface area (Å²) in [7, 11) is 0. The average Bonchev–Trinajstić information content (AvgIpc) is 2.48. The minimum Gasteiger partial charge on any atom is -0.381 e. The molecule has 1 aliphatic rings. The minimum absolute atomic E-state index is 0.113. The van der Waals surface area contributed by atoms with Crippen LogP contribution in [0.1, 0.15) is 43.7 Å². The second-order valence-corrected chi connectivity index (χ2v) is 6.08. The summed E-state index contributed by atoms with van der Waals surface area (Å²) in [5.74, 6) is 0.918.